The van der Waals surface area contributed by atoms with E-state index in [0.29, 0.717) is 31.7 Å². The molecule has 6 nitrogen and oxygen atoms in total. The number of rotatable bonds is 5. The Labute approximate surface area is 123 Å². The van der Waals surface area contributed by atoms with Crippen LogP contribution in [0.1, 0.15) is 38.4 Å². The second-order valence-electron chi connectivity index (χ2n) is 5.78. The van der Waals surface area contributed by atoms with Crippen LogP contribution in [0.3, 0.4) is 0 Å². The van der Waals surface area contributed by atoms with Crippen LogP contribution in [-0.2, 0) is 11.2 Å². The number of carbonyl (C=O) groups is 2. The Morgan fingerprint density at radius 3 is 2.71 bits per heavy atom. The van der Waals surface area contributed by atoms with E-state index in [1.807, 2.05) is 6.07 Å². The fraction of sp³-hybridized carbons (Fsp3) is 0.600. The van der Waals surface area contributed by atoms with Crippen LogP contribution in [0.25, 0.3) is 0 Å². The fourth-order valence-electron chi connectivity index (χ4n) is 2.66. The summed E-state index contributed by atoms with van der Waals surface area (Å²) in [7, 11) is 0. The van der Waals surface area contributed by atoms with Crippen molar-refractivity contribution in [1.82, 2.24) is 10.6 Å². The van der Waals surface area contributed by atoms with E-state index in [1.165, 1.54) is 0 Å². The highest BCUT2D eigenvalue weighted by molar-refractivity contribution is 5.86. The molecule has 1 aliphatic carbocycles. The van der Waals surface area contributed by atoms with Gasteiger partial charge in [-0.25, -0.2) is 9.59 Å². The summed E-state index contributed by atoms with van der Waals surface area (Å²) < 4.78 is 5.17. The molecule has 1 saturated carbocycles. The van der Waals surface area contributed by atoms with Crippen molar-refractivity contribution in [2.45, 2.75) is 44.6 Å². The van der Waals surface area contributed by atoms with Crippen molar-refractivity contribution in [3.8, 4) is 0 Å². The number of carboxylic acid groups (broad SMARTS) is 1. The van der Waals surface area contributed by atoms with E-state index < -0.39 is 17.5 Å². The summed E-state index contributed by atoms with van der Waals surface area (Å²) >= 11 is 0. The van der Waals surface area contributed by atoms with E-state index in [4.69, 9.17) is 4.42 Å². The zero-order chi connectivity index (χ0) is 15.3. The number of carboxylic acids is 1. The highest BCUT2D eigenvalue weighted by Crippen LogP contribution is 2.32. The molecule has 0 spiro atoms. The van der Waals surface area contributed by atoms with Crippen molar-refractivity contribution >= 4 is 12.0 Å². The number of amides is 2. The first-order chi connectivity index (χ1) is 10.0. The monoisotopic (exact) mass is 294 g/mol. The van der Waals surface area contributed by atoms with E-state index in [0.717, 1.165) is 18.6 Å². The predicted molar refractivity (Wildman–Crippen MR) is 76.9 cm³/mol. The average molecular weight is 294 g/mol. The number of aliphatic carboxylic acids is 1. The lowest BCUT2D eigenvalue weighted by Crippen LogP contribution is -2.58. The molecule has 116 valence electrons. The fourth-order valence-corrected chi connectivity index (χ4v) is 2.66. The first kappa shape index (κ1) is 15.4. The van der Waals surface area contributed by atoms with E-state index in [-0.39, 0.29) is 0 Å². The van der Waals surface area contributed by atoms with Crippen LogP contribution >= 0.6 is 0 Å². The highest BCUT2D eigenvalue weighted by atomic mass is 16.4. The Kier molecular flexibility index (Phi) is 4.88. The maximum absolute atomic E-state index is 11.9. The maximum atomic E-state index is 11.9. The summed E-state index contributed by atoms with van der Waals surface area (Å²) in [5.74, 6) is 0.353. The lowest BCUT2D eigenvalue weighted by molar-refractivity contribution is -0.146. The Bertz CT molecular complexity index is 476. The zero-order valence-corrected chi connectivity index (χ0v) is 12.2. The van der Waals surface area contributed by atoms with Crippen LogP contribution in [0, 0.1) is 5.92 Å². The Balaban J connectivity index is 1.82. The largest absolute Gasteiger partial charge is 0.480 e. The van der Waals surface area contributed by atoms with Crippen LogP contribution in [-0.4, -0.2) is 29.2 Å². The van der Waals surface area contributed by atoms with Crippen LogP contribution in [0.2, 0.25) is 0 Å². The van der Waals surface area contributed by atoms with Gasteiger partial charge in [0.15, 0.2) is 0 Å². The number of furan rings is 1. The summed E-state index contributed by atoms with van der Waals surface area (Å²) in [6.07, 6.45) is 4.76. The Morgan fingerprint density at radius 1 is 1.43 bits per heavy atom. The van der Waals surface area contributed by atoms with Crippen molar-refractivity contribution < 1.29 is 19.1 Å². The third kappa shape index (κ3) is 4.00. The molecule has 1 heterocycles. The Morgan fingerprint density at radius 2 is 2.14 bits per heavy atom. The summed E-state index contributed by atoms with van der Waals surface area (Å²) in [4.78, 5) is 23.4. The molecule has 2 rings (SSSR count). The topological polar surface area (TPSA) is 91.6 Å². The smallest absolute Gasteiger partial charge is 0.329 e. The third-order valence-corrected chi connectivity index (χ3v) is 4.13. The molecule has 0 aliphatic heterocycles. The quantitative estimate of drug-likeness (QED) is 0.776. The first-order valence-electron chi connectivity index (χ1n) is 7.34. The van der Waals surface area contributed by atoms with Gasteiger partial charge in [0.05, 0.1) is 6.26 Å². The van der Waals surface area contributed by atoms with Gasteiger partial charge < -0.3 is 20.2 Å². The molecule has 0 atom stereocenters. The maximum Gasteiger partial charge on any atom is 0.329 e. The normalized spacial score (nSPS) is 25.3. The number of hydrogen-bond donors (Lipinski definition) is 3. The lowest BCUT2D eigenvalue weighted by atomic mass is 9.77. The molecule has 6 heteroatoms. The van der Waals surface area contributed by atoms with E-state index in [9.17, 15) is 14.7 Å². The number of carbonyl (C=O) groups excluding carboxylic acids is 1. The second kappa shape index (κ2) is 6.65. The van der Waals surface area contributed by atoms with Gasteiger partial charge in [-0.15, -0.1) is 0 Å². The molecule has 1 fully saturated rings. The number of urea groups is 1. The van der Waals surface area contributed by atoms with E-state index in [1.54, 1.807) is 12.3 Å². The van der Waals surface area contributed by atoms with Crippen LogP contribution in [0.4, 0.5) is 4.79 Å². The molecule has 0 aromatic carbocycles. The minimum atomic E-state index is -1.12. The van der Waals surface area contributed by atoms with E-state index in [2.05, 4.69) is 17.6 Å². The second-order valence-corrected chi connectivity index (χ2v) is 5.78. The summed E-state index contributed by atoms with van der Waals surface area (Å²) in [5.41, 5.74) is -1.12. The summed E-state index contributed by atoms with van der Waals surface area (Å²) in [6, 6.07) is 3.19. The minimum absolute atomic E-state index is 0.408. The van der Waals surface area contributed by atoms with Crippen molar-refractivity contribution in [1.29, 1.82) is 0 Å². The predicted octanol–water partition coefficient (Wildman–Crippen LogP) is 2.15. The van der Waals surface area contributed by atoms with Gasteiger partial charge in [-0.05, 0) is 43.7 Å². The molecular formula is C15H22N2O4. The van der Waals surface area contributed by atoms with Gasteiger partial charge >= 0.3 is 12.0 Å². The molecule has 2 amide bonds. The molecule has 1 aliphatic rings. The summed E-state index contributed by atoms with van der Waals surface area (Å²) in [5, 5.41) is 14.8. The lowest BCUT2D eigenvalue weighted by Gasteiger charge is -2.36. The molecule has 0 unspecified atom stereocenters. The molecule has 1 aromatic heterocycles. The molecular weight excluding hydrogens is 272 g/mol. The third-order valence-electron chi connectivity index (χ3n) is 4.13. The van der Waals surface area contributed by atoms with Crippen molar-refractivity contribution in [2.24, 2.45) is 5.92 Å². The molecule has 0 saturated heterocycles. The van der Waals surface area contributed by atoms with E-state index >= 15 is 0 Å². The number of nitrogens with one attached hydrogen (secondary N) is 2. The van der Waals surface area contributed by atoms with Gasteiger partial charge in [0.2, 0.25) is 0 Å². The van der Waals surface area contributed by atoms with Crippen LogP contribution in [0.5, 0.6) is 0 Å². The zero-order valence-electron chi connectivity index (χ0n) is 12.2. The Hall–Kier alpha value is -1.98. The van der Waals surface area contributed by atoms with Gasteiger partial charge in [-0.2, -0.15) is 0 Å². The van der Waals surface area contributed by atoms with Gasteiger partial charge in [0.25, 0.3) is 0 Å². The number of hydrogen-bond acceptors (Lipinski definition) is 3. The molecule has 1 aromatic rings. The molecule has 0 bridgehead atoms. The molecule has 3 N–H and O–H groups in total. The summed E-state index contributed by atoms with van der Waals surface area (Å²) in [6.45, 7) is 2.51. The van der Waals surface area contributed by atoms with Crippen molar-refractivity contribution in [3.63, 3.8) is 0 Å². The van der Waals surface area contributed by atoms with Gasteiger partial charge in [-0.3, -0.25) is 0 Å². The van der Waals surface area contributed by atoms with Gasteiger partial charge in [0.1, 0.15) is 11.3 Å². The molecule has 0 radical (unpaired) electrons. The van der Waals surface area contributed by atoms with Gasteiger partial charge in [-0.1, -0.05) is 6.92 Å². The average Bonchev–Trinajstić information content (AvgIpc) is 2.94. The standard InChI is InChI=1S/C15H22N2O4/c1-11-4-7-15(8-5-11,13(18)19)17-14(20)16-9-6-12-3-2-10-21-12/h2-3,10-11H,4-9H2,1H3,(H,18,19)(H2,16,17,20). The SMILES string of the molecule is CC1CCC(NC(=O)NCCc2ccco2)(C(=O)O)CC1. The van der Waals surface area contributed by atoms with Gasteiger partial charge in [0, 0.05) is 13.0 Å². The van der Waals surface area contributed by atoms with Crippen LogP contribution in [0.15, 0.2) is 22.8 Å². The van der Waals surface area contributed by atoms with Crippen molar-refractivity contribution in [2.75, 3.05) is 6.54 Å². The van der Waals surface area contributed by atoms with Crippen molar-refractivity contribution in [3.05, 3.63) is 24.2 Å². The highest BCUT2D eigenvalue weighted by Gasteiger charge is 2.42. The minimum Gasteiger partial charge on any atom is -0.480 e. The first-order valence-corrected chi connectivity index (χ1v) is 7.34. The van der Waals surface area contributed by atoms with Crippen LogP contribution < -0.4 is 10.6 Å². The molecule has 21 heavy (non-hydrogen) atoms.